The zero-order valence-electron chi connectivity index (χ0n) is 26.1. The van der Waals surface area contributed by atoms with E-state index in [0.29, 0.717) is 52.9 Å². The summed E-state index contributed by atoms with van der Waals surface area (Å²) in [4.78, 5) is 3.46. The van der Waals surface area contributed by atoms with Crippen molar-refractivity contribution in [2.45, 2.75) is 51.4 Å². The van der Waals surface area contributed by atoms with Crippen molar-refractivity contribution in [3.63, 3.8) is 0 Å². The summed E-state index contributed by atoms with van der Waals surface area (Å²) in [5, 5.41) is 7.44. The minimum Gasteiger partial charge on any atom is -0.310 e. The van der Waals surface area contributed by atoms with Crippen molar-refractivity contribution in [1.82, 2.24) is 24.4 Å². The zero-order valence-corrected chi connectivity index (χ0v) is 31.5. The molecule has 0 unspecified atom stereocenters. The Morgan fingerprint density at radius 2 is 1.11 bits per heavy atom. The van der Waals surface area contributed by atoms with Crippen molar-refractivity contribution >= 4 is 46.0 Å². The van der Waals surface area contributed by atoms with Crippen LogP contribution in [0, 0.1) is 0 Å². The van der Waals surface area contributed by atoms with Gasteiger partial charge in [-0.05, 0) is 60.4 Å². The van der Waals surface area contributed by atoms with Crippen LogP contribution in [0.5, 0.6) is 0 Å². The van der Waals surface area contributed by atoms with Gasteiger partial charge in [0.1, 0.15) is 0 Å². The van der Waals surface area contributed by atoms with Crippen molar-refractivity contribution in [3.8, 4) is 0 Å². The molecule has 8 aliphatic rings. The fourth-order valence-electron chi connectivity index (χ4n) is 6.26. The Morgan fingerprint density at radius 1 is 0.565 bits per heavy atom. The summed E-state index contributed by atoms with van der Waals surface area (Å²) in [6, 6.07) is 0. The third kappa shape index (κ3) is 6.97. The van der Waals surface area contributed by atoms with E-state index in [2.05, 4.69) is 24.4 Å². The Morgan fingerprint density at radius 3 is 1.74 bits per heavy atom. The van der Waals surface area contributed by atoms with Gasteiger partial charge in [0.05, 0.1) is 52.9 Å². The third-order valence-corrected chi connectivity index (χ3v) is 27.8. The molecule has 0 aromatic rings. The van der Waals surface area contributed by atoms with Gasteiger partial charge < -0.3 is 36.2 Å². The third-order valence-electron chi connectivity index (χ3n) is 8.40. The van der Waals surface area contributed by atoms with Gasteiger partial charge in [-0.15, -0.1) is 14.3 Å². The van der Waals surface area contributed by atoms with Crippen LogP contribution in [0.25, 0.3) is 0 Å². The van der Waals surface area contributed by atoms with E-state index in [1.165, 1.54) is 0 Å². The maximum atomic E-state index is 6.28. The molecule has 0 aliphatic carbocycles. The van der Waals surface area contributed by atoms with Crippen LogP contribution in [0.1, 0.15) is 51.4 Å². The van der Waals surface area contributed by atoms with Crippen molar-refractivity contribution in [2.75, 3.05) is 92.1 Å². The Kier molecular flexibility index (Phi) is 10.6. The quantitative estimate of drug-likeness (QED) is 0.190. The lowest BCUT2D eigenvalue weighted by molar-refractivity contribution is 0.153. The maximum absolute atomic E-state index is 6.28. The molecule has 24 heteroatoms. The van der Waals surface area contributed by atoms with E-state index in [1.807, 2.05) is 0 Å². The van der Waals surface area contributed by atoms with Gasteiger partial charge in [0.15, 0.2) is 0 Å². The zero-order chi connectivity index (χ0) is 31.0. The summed E-state index contributed by atoms with van der Waals surface area (Å²) in [5.74, 6) is 0. The van der Waals surface area contributed by atoms with Crippen LogP contribution in [0.3, 0.4) is 0 Å². The summed E-state index contributed by atoms with van der Waals surface area (Å²) in [5.41, 5.74) is 0. The van der Waals surface area contributed by atoms with Gasteiger partial charge in [0.25, 0.3) is 0 Å². The minimum atomic E-state index is -2.89. The number of unbranched alkanes of at least 4 members (excludes halogenated alkanes) is 1. The van der Waals surface area contributed by atoms with E-state index >= 15 is 0 Å². The van der Waals surface area contributed by atoms with Gasteiger partial charge in [-0.25, -0.2) is 4.67 Å². The van der Waals surface area contributed by atoms with E-state index in [9.17, 15) is 0 Å². The van der Waals surface area contributed by atoms with E-state index in [1.54, 1.807) is 0 Å². The van der Waals surface area contributed by atoms with Gasteiger partial charge in [-0.2, -0.15) is 13.9 Å². The molecule has 0 aromatic carbocycles. The highest BCUT2D eigenvalue weighted by Gasteiger charge is 2.60. The van der Waals surface area contributed by atoms with E-state index < -0.39 is 46.0 Å². The SMILES string of the molecule is C1COP2(=NP3(=N[P@]4(=N2)NCCCN4CCCCN2CCCN[P+]24N=P2(NP5(=N4)OCCCO5)OCCCO2)OCCCO3)OC1. The molecule has 8 aliphatic heterocycles. The van der Waals surface area contributed by atoms with E-state index in [-0.39, 0.29) is 0 Å². The van der Waals surface area contributed by atoms with Crippen molar-refractivity contribution in [1.29, 1.82) is 0 Å². The molecule has 18 nitrogen and oxygen atoms in total. The molecular formula is C22H47N10O8P6+. The van der Waals surface area contributed by atoms with Crippen LogP contribution in [0.15, 0.2) is 22.6 Å². The van der Waals surface area contributed by atoms with Crippen LogP contribution in [0.2, 0.25) is 0 Å². The Balaban J connectivity index is 1.03. The highest BCUT2D eigenvalue weighted by Crippen LogP contribution is 2.82. The predicted molar refractivity (Wildman–Crippen MR) is 180 cm³/mol. The minimum absolute atomic E-state index is 0.570. The number of nitrogens with zero attached hydrogens (tertiary/aromatic N) is 7. The topological polar surface area (TPSA) is 178 Å². The number of rotatable bonds is 5. The van der Waals surface area contributed by atoms with Crippen molar-refractivity contribution < 1.29 is 36.2 Å². The molecular weight excluding hydrogens is 718 g/mol. The second-order valence-electron chi connectivity index (χ2n) is 11.9. The second-order valence-corrected chi connectivity index (χ2v) is 26.4. The van der Waals surface area contributed by atoms with Crippen LogP contribution in [-0.2, 0) is 36.2 Å². The van der Waals surface area contributed by atoms with Gasteiger partial charge in [0, 0.05) is 39.3 Å². The van der Waals surface area contributed by atoms with E-state index in [0.717, 1.165) is 90.6 Å². The van der Waals surface area contributed by atoms with Crippen molar-refractivity contribution in [3.05, 3.63) is 0 Å². The fraction of sp³-hybridized carbons (Fsp3) is 1.00. The molecule has 46 heavy (non-hydrogen) atoms. The molecule has 6 saturated heterocycles. The Labute approximate surface area is 272 Å². The largest absolute Gasteiger partial charge is 0.407 e. The van der Waals surface area contributed by atoms with Crippen molar-refractivity contribution in [2.24, 2.45) is 22.6 Å². The van der Waals surface area contributed by atoms with Crippen LogP contribution < -0.4 is 15.0 Å². The van der Waals surface area contributed by atoms with Crippen LogP contribution in [-0.4, -0.2) is 101 Å². The number of hydrogen-bond acceptors (Lipinski definition) is 18. The van der Waals surface area contributed by atoms with Gasteiger partial charge in [0.2, 0.25) is 7.51 Å². The molecule has 8 rings (SSSR count). The van der Waals surface area contributed by atoms with Crippen LogP contribution in [0.4, 0.5) is 0 Å². The molecule has 0 saturated carbocycles. The molecule has 8 heterocycles. The first-order valence-corrected chi connectivity index (χ1v) is 26.0. The molecule has 262 valence electrons. The first-order valence-electron chi connectivity index (χ1n) is 16.5. The standard InChI is InChI=1S/C22H47N10O8P6/c1(11-31-13-3-9-23-41(31)25-43(33-15-5-16-34-43)29-44(26-41)35-17-6-18-36-44)2-12-32-14-4-10-24-42(32)27-45(37-19-7-20-38-45)30-46(28-42)39-21-8-22-40-46/h23-24,29H,1-22H2/q+1. The Bertz CT molecular complexity index is 1360. The lowest BCUT2D eigenvalue weighted by atomic mass is 10.3. The molecule has 6 spiro atoms. The summed E-state index contributed by atoms with van der Waals surface area (Å²) in [6.07, 6.45) is 7.26. The summed E-state index contributed by atoms with van der Waals surface area (Å²) in [7, 11) is -16.5. The normalized spacial score (nSPS) is 34.9. The van der Waals surface area contributed by atoms with Crippen LogP contribution >= 0.6 is 46.0 Å². The molecule has 3 N–H and O–H groups in total. The highest BCUT2D eigenvalue weighted by molar-refractivity contribution is 7.85. The molecule has 1 atom stereocenters. The van der Waals surface area contributed by atoms with E-state index in [4.69, 9.17) is 58.8 Å². The molecule has 0 aromatic heterocycles. The van der Waals surface area contributed by atoms with Gasteiger partial charge in [-0.1, -0.05) is 0 Å². The lowest BCUT2D eigenvalue weighted by Crippen LogP contribution is -2.41. The predicted octanol–water partition coefficient (Wildman–Crippen LogP) is 7.13. The smallest absolute Gasteiger partial charge is 0.310 e. The summed E-state index contributed by atoms with van der Waals surface area (Å²) < 4.78 is 80.9. The molecule has 0 amide bonds. The second kappa shape index (κ2) is 14.2. The average molecular weight is 766 g/mol. The summed E-state index contributed by atoms with van der Waals surface area (Å²) >= 11 is 0. The first kappa shape index (κ1) is 34.2. The highest BCUT2D eigenvalue weighted by atomic mass is 31.3. The summed E-state index contributed by atoms with van der Waals surface area (Å²) in [6.45, 7) is 9.77. The maximum Gasteiger partial charge on any atom is 0.407 e. The fourth-order valence-corrected chi connectivity index (χ4v) is 29.2. The molecule has 0 radical (unpaired) electrons. The molecule has 0 bridgehead atoms. The first-order chi connectivity index (χ1) is 22.5. The number of nitrogens with one attached hydrogen (secondary N) is 3. The molecule has 6 fully saturated rings. The average Bonchev–Trinajstić information content (AvgIpc) is 3.05. The van der Waals surface area contributed by atoms with Gasteiger partial charge >= 0.3 is 38.5 Å². The monoisotopic (exact) mass is 765 g/mol. The lowest BCUT2D eigenvalue weighted by Gasteiger charge is -2.43. The van der Waals surface area contributed by atoms with Gasteiger partial charge in [-0.3, -0.25) is 5.09 Å². The Hall–Kier alpha value is 1.06. The number of hydrogen-bond donors (Lipinski definition) is 3.